The van der Waals surface area contributed by atoms with Crippen LogP contribution in [0.3, 0.4) is 0 Å². The molecule has 3 aromatic rings. The first-order valence-electron chi connectivity index (χ1n) is 7.58. The second kappa shape index (κ2) is 7.69. The Hall–Kier alpha value is -2.68. The van der Waals surface area contributed by atoms with Gasteiger partial charge in [-0.2, -0.15) is 0 Å². The molecular formula is C17H15BrFN3O4. The Morgan fingerprint density at radius 3 is 2.65 bits per heavy atom. The maximum Gasteiger partial charge on any atom is 0.262 e. The number of aromatic nitrogens is 3. The molecule has 0 amide bonds. The molecule has 2 heterocycles. The van der Waals surface area contributed by atoms with E-state index in [9.17, 15) is 9.18 Å². The van der Waals surface area contributed by atoms with E-state index in [2.05, 4.69) is 30.9 Å². The summed E-state index contributed by atoms with van der Waals surface area (Å²) >= 11 is 3.22. The van der Waals surface area contributed by atoms with Gasteiger partial charge >= 0.3 is 0 Å². The summed E-state index contributed by atoms with van der Waals surface area (Å²) in [5, 5.41) is 0.856. The van der Waals surface area contributed by atoms with E-state index in [1.54, 1.807) is 12.1 Å². The Labute approximate surface area is 156 Å². The molecule has 0 aliphatic carbocycles. The molecule has 0 aliphatic rings. The number of halogens is 2. The average Bonchev–Trinajstić information content (AvgIpc) is 2.65. The number of aromatic amines is 1. The molecule has 26 heavy (non-hydrogen) atoms. The molecule has 3 rings (SSSR count). The van der Waals surface area contributed by atoms with E-state index in [0.717, 1.165) is 0 Å². The number of rotatable bonds is 6. The number of methoxy groups -OCH3 is 2. The Morgan fingerprint density at radius 2 is 2.00 bits per heavy atom. The SMILES string of the molecule is COc1cc(OC)c2c(=O)[nH]c(-c3ncc(OCCBr)cc3F)nc2c1. The van der Waals surface area contributed by atoms with Crippen molar-refractivity contribution in [3.63, 3.8) is 0 Å². The molecule has 9 heteroatoms. The Bertz CT molecular complexity index is 1010. The molecule has 0 saturated heterocycles. The summed E-state index contributed by atoms with van der Waals surface area (Å²) in [5.41, 5.74) is -0.247. The highest BCUT2D eigenvalue weighted by Gasteiger charge is 2.16. The van der Waals surface area contributed by atoms with Crippen molar-refractivity contribution in [2.75, 3.05) is 26.2 Å². The van der Waals surface area contributed by atoms with Gasteiger partial charge in [-0.25, -0.2) is 14.4 Å². The molecule has 0 fully saturated rings. The third-order valence-electron chi connectivity index (χ3n) is 3.59. The standard InChI is InChI=1S/C17H15BrFN3O4/c1-24-9-6-12-14(13(7-9)25-2)17(23)22-16(21-12)15-11(19)5-10(8-20-15)26-4-3-18/h5-8H,3-4H2,1-2H3,(H,21,22,23). The van der Waals surface area contributed by atoms with Crippen LogP contribution in [0.1, 0.15) is 0 Å². The molecule has 0 spiro atoms. The molecule has 0 radical (unpaired) electrons. The summed E-state index contributed by atoms with van der Waals surface area (Å²) in [6.45, 7) is 0.380. The summed E-state index contributed by atoms with van der Waals surface area (Å²) in [6.07, 6.45) is 1.37. The third kappa shape index (κ3) is 3.48. The summed E-state index contributed by atoms with van der Waals surface area (Å²) in [5.74, 6) is 0.408. The maximum absolute atomic E-state index is 14.4. The average molecular weight is 424 g/mol. The van der Waals surface area contributed by atoms with Gasteiger partial charge < -0.3 is 19.2 Å². The van der Waals surface area contributed by atoms with E-state index in [-0.39, 0.29) is 22.7 Å². The molecule has 1 aromatic carbocycles. The van der Waals surface area contributed by atoms with Gasteiger partial charge in [0.2, 0.25) is 0 Å². The summed E-state index contributed by atoms with van der Waals surface area (Å²) in [4.78, 5) is 23.4. The number of hydrogen-bond donors (Lipinski definition) is 1. The second-order valence-corrected chi connectivity index (χ2v) is 5.97. The fraction of sp³-hybridized carbons (Fsp3) is 0.235. The van der Waals surface area contributed by atoms with Crippen LogP contribution in [0.4, 0.5) is 4.39 Å². The van der Waals surface area contributed by atoms with Gasteiger partial charge in [-0.15, -0.1) is 0 Å². The number of nitrogens with one attached hydrogen (secondary N) is 1. The molecule has 0 atom stereocenters. The van der Waals surface area contributed by atoms with Crippen molar-refractivity contribution < 1.29 is 18.6 Å². The molecule has 0 unspecified atom stereocenters. The maximum atomic E-state index is 14.4. The topological polar surface area (TPSA) is 86.3 Å². The van der Waals surface area contributed by atoms with E-state index in [1.165, 1.54) is 26.5 Å². The lowest BCUT2D eigenvalue weighted by molar-refractivity contribution is 0.341. The lowest BCUT2D eigenvalue weighted by Crippen LogP contribution is -2.12. The Kier molecular flexibility index (Phi) is 5.36. The fourth-order valence-corrected chi connectivity index (χ4v) is 2.59. The second-order valence-electron chi connectivity index (χ2n) is 5.18. The number of pyridine rings is 1. The van der Waals surface area contributed by atoms with Crippen LogP contribution in [0.5, 0.6) is 17.2 Å². The fourth-order valence-electron chi connectivity index (χ4n) is 2.43. The van der Waals surface area contributed by atoms with Crippen molar-refractivity contribution in [3.05, 3.63) is 40.6 Å². The quantitative estimate of drug-likeness (QED) is 0.613. The molecular weight excluding hydrogens is 409 g/mol. The van der Waals surface area contributed by atoms with E-state index in [4.69, 9.17) is 14.2 Å². The van der Waals surface area contributed by atoms with E-state index < -0.39 is 11.4 Å². The van der Waals surface area contributed by atoms with Crippen molar-refractivity contribution in [2.24, 2.45) is 0 Å². The van der Waals surface area contributed by atoms with E-state index >= 15 is 0 Å². The molecule has 0 bridgehead atoms. The monoisotopic (exact) mass is 423 g/mol. The van der Waals surface area contributed by atoms with Crippen molar-refractivity contribution in [2.45, 2.75) is 0 Å². The highest BCUT2D eigenvalue weighted by Crippen LogP contribution is 2.29. The molecule has 1 N–H and O–H groups in total. The van der Waals surface area contributed by atoms with Crippen molar-refractivity contribution in [1.29, 1.82) is 0 Å². The van der Waals surface area contributed by atoms with Crippen LogP contribution >= 0.6 is 15.9 Å². The predicted octanol–water partition coefficient (Wildman–Crippen LogP) is 2.92. The summed E-state index contributed by atoms with van der Waals surface area (Å²) in [6, 6.07) is 4.34. The Morgan fingerprint density at radius 1 is 1.19 bits per heavy atom. The highest BCUT2D eigenvalue weighted by atomic mass is 79.9. The minimum Gasteiger partial charge on any atom is -0.497 e. The number of hydrogen-bond acceptors (Lipinski definition) is 6. The van der Waals surface area contributed by atoms with Gasteiger partial charge in [-0.3, -0.25) is 4.79 Å². The van der Waals surface area contributed by atoms with Crippen molar-refractivity contribution in [3.8, 4) is 28.8 Å². The lowest BCUT2D eigenvalue weighted by atomic mass is 10.2. The first kappa shape index (κ1) is 18.1. The molecule has 136 valence electrons. The molecule has 2 aromatic heterocycles. The van der Waals surface area contributed by atoms with Gasteiger partial charge in [0.15, 0.2) is 11.6 Å². The Balaban J connectivity index is 2.13. The predicted molar refractivity (Wildman–Crippen MR) is 97.9 cm³/mol. The number of fused-ring (bicyclic) bond motifs is 1. The normalized spacial score (nSPS) is 10.8. The van der Waals surface area contributed by atoms with Gasteiger partial charge in [0.05, 0.1) is 32.5 Å². The summed E-state index contributed by atoms with van der Waals surface area (Å²) in [7, 11) is 2.93. The zero-order valence-corrected chi connectivity index (χ0v) is 15.6. The molecule has 0 saturated carbocycles. The van der Waals surface area contributed by atoms with Crippen LogP contribution in [-0.2, 0) is 0 Å². The summed E-state index contributed by atoms with van der Waals surface area (Å²) < 4.78 is 30.1. The molecule has 7 nitrogen and oxygen atoms in total. The minimum atomic E-state index is -0.658. The minimum absolute atomic E-state index is 0.00217. The number of ether oxygens (including phenoxy) is 3. The van der Waals surface area contributed by atoms with Gasteiger partial charge in [-0.1, -0.05) is 15.9 Å². The number of benzene rings is 1. The zero-order chi connectivity index (χ0) is 18.7. The van der Waals surface area contributed by atoms with Crippen LogP contribution in [-0.4, -0.2) is 41.1 Å². The smallest absolute Gasteiger partial charge is 0.262 e. The number of H-pyrrole nitrogens is 1. The third-order valence-corrected chi connectivity index (χ3v) is 3.91. The largest absolute Gasteiger partial charge is 0.497 e. The van der Waals surface area contributed by atoms with Crippen LogP contribution < -0.4 is 19.8 Å². The first-order valence-corrected chi connectivity index (χ1v) is 8.70. The van der Waals surface area contributed by atoms with E-state index in [0.29, 0.717) is 29.0 Å². The van der Waals surface area contributed by atoms with Gasteiger partial charge in [0, 0.05) is 23.5 Å². The van der Waals surface area contributed by atoms with Crippen LogP contribution in [0.2, 0.25) is 0 Å². The van der Waals surface area contributed by atoms with Crippen LogP contribution in [0, 0.1) is 5.82 Å². The number of nitrogens with zero attached hydrogens (tertiary/aromatic N) is 2. The molecule has 0 aliphatic heterocycles. The highest BCUT2D eigenvalue weighted by molar-refractivity contribution is 9.09. The lowest BCUT2D eigenvalue weighted by Gasteiger charge is -2.10. The van der Waals surface area contributed by atoms with Crippen LogP contribution in [0.15, 0.2) is 29.2 Å². The van der Waals surface area contributed by atoms with Crippen molar-refractivity contribution >= 4 is 26.8 Å². The van der Waals surface area contributed by atoms with Crippen LogP contribution in [0.25, 0.3) is 22.4 Å². The van der Waals surface area contributed by atoms with Gasteiger partial charge in [0.1, 0.15) is 28.3 Å². The first-order chi connectivity index (χ1) is 12.6. The van der Waals surface area contributed by atoms with Gasteiger partial charge in [0.25, 0.3) is 5.56 Å². The number of alkyl halides is 1. The van der Waals surface area contributed by atoms with Crippen molar-refractivity contribution in [1.82, 2.24) is 15.0 Å². The van der Waals surface area contributed by atoms with Gasteiger partial charge in [-0.05, 0) is 0 Å². The van der Waals surface area contributed by atoms with E-state index in [1.807, 2.05) is 0 Å². The zero-order valence-electron chi connectivity index (χ0n) is 14.0.